The minimum atomic E-state index is 0.356. The first-order valence-electron chi connectivity index (χ1n) is 6.85. The quantitative estimate of drug-likeness (QED) is 0.797. The number of aromatic nitrogens is 2. The van der Waals surface area contributed by atoms with Crippen LogP contribution in [0.3, 0.4) is 0 Å². The third-order valence-electron chi connectivity index (χ3n) is 3.40. The van der Waals surface area contributed by atoms with Gasteiger partial charge in [-0.1, -0.05) is 24.6 Å². The van der Waals surface area contributed by atoms with Gasteiger partial charge in [0.05, 0.1) is 0 Å². The van der Waals surface area contributed by atoms with Crippen LogP contribution in [0.1, 0.15) is 18.2 Å². The third-order valence-corrected chi connectivity index (χ3v) is 3.77. The molecule has 0 aliphatic rings. The molecule has 0 saturated heterocycles. The third kappa shape index (κ3) is 2.60. The maximum atomic E-state index is 6.13. The van der Waals surface area contributed by atoms with Gasteiger partial charge in [-0.3, -0.25) is 4.40 Å². The number of hydrogen-bond acceptors (Lipinski definition) is 3. The average Bonchev–Trinajstić information content (AvgIpc) is 2.86. The van der Waals surface area contributed by atoms with Crippen molar-refractivity contribution in [1.82, 2.24) is 9.38 Å². The molecule has 3 aromatic rings. The number of nitrogens with two attached hydrogens (primary N) is 1. The molecule has 0 saturated carbocycles. The molecule has 0 radical (unpaired) electrons. The van der Waals surface area contributed by atoms with Crippen LogP contribution >= 0.6 is 11.6 Å². The summed E-state index contributed by atoms with van der Waals surface area (Å²) in [5.74, 6) is 1.25. The Morgan fingerprint density at radius 3 is 2.90 bits per heavy atom. The van der Waals surface area contributed by atoms with Crippen LogP contribution in [0.25, 0.3) is 5.65 Å². The molecule has 4 nitrogen and oxygen atoms in total. The predicted molar refractivity (Wildman–Crippen MR) is 84.0 cm³/mol. The lowest BCUT2D eigenvalue weighted by Gasteiger charge is -2.07. The Bertz CT molecular complexity index is 782. The summed E-state index contributed by atoms with van der Waals surface area (Å²) in [4.78, 5) is 4.48. The number of nitrogens with zero attached hydrogens (tertiary/aromatic N) is 2. The molecule has 2 aromatic heterocycles. The first kappa shape index (κ1) is 13.9. The molecule has 2 heterocycles. The van der Waals surface area contributed by atoms with Crippen molar-refractivity contribution < 1.29 is 4.74 Å². The van der Waals surface area contributed by atoms with Gasteiger partial charge in [0.1, 0.15) is 17.1 Å². The summed E-state index contributed by atoms with van der Waals surface area (Å²) in [5.41, 5.74) is 8.54. The number of aryl methyl sites for hydroxylation is 1. The Morgan fingerprint density at radius 1 is 1.29 bits per heavy atom. The van der Waals surface area contributed by atoms with E-state index in [1.54, 1.807) is 0 Å². The molecule has 1 aromatic carbocycles. The zero-order valence-corrected chi connectivity index (χ0v) is 12.5. The van der Waals surface area contributed by atoms with Crippen LogP contribution in [-0.4, -0.2) is 9.38 Å². The minimum absolute atomic E-state index is 0.356. The van der Waals surface area contributed by atoms with Crippen LogP contribution in [0.5, 0.6) is 11.6 Å². The molecule has 2 N–H and O–H groups in total. The van der Waals surface area contributed by atoms with Crippen LogP contribution in [0.2, 0.25) is 5.02 Å². The predicted octanol–water partition coefficient (Wildman–Crippen LogP) is 3.80. The van der Waals surface area contributed by atoms with Crippen LogP contribution in [-0.2, 0) is 13.0 Å². The van der Waals surface area contributed by atoms with Gasteiger partial charge >= 0.3 is 0 Å². The van der Waals surface area contributed by atoms with Gasteiger partial charge in [0.2, 0.25) is 5.88 Å². The highest BCUT2D eigenvalue weighted by Gasteiger charge is 2.13. The summed E-state index contributed by atoms with van der Waals surface area (Å²) in [6.07, 6.45) is 2.78. The Balaban J connectivity index is 2.01. The molecule has 108 valence electrons. The molecule has 0 bridgehead atoms. The van der Waals surface area contributed by atoms with E-state index in [4.69, 9.17) is 22.1 Å². The van der Waals surface area contributed by atoms with Crippen molar-refractivity contribution in [1.29, 1.82) is 0 Å². The molecule has 0 amide bonds. The second kappa shape index (κ2) is 5.76. The summed E-state index contributed by atoms with van der Waals surface area (Å²) >= 11 is 6.13. The lowest BCUT2D eigenvalue weighted by molar-refractivity contribution is 0.459. The molecular formula is C16H16ClN3O. The van der Waals surface area contributed by atoms with Gasteiger partial charge in [0.15, 0.2) is 0 Å². The van der Waals surface area contributed by atoms with Crippen LogP contribution in [0.4, 0.5) is 0 Å². The topological polar surface area (TPSA) is 52.5 Å². The molecule has 21 heavy (non-hydrogen) atoms. The Labute approximate surface area is 128 Å². The molecular weight excluding hydrogens is 286 g/mol. The first-order chi connectivity index (χ1) is 10.2. The zero-order valence-electron chi connectivity index (χ0n) is 11.7. The van der Waals surface area contributed by atoms with Crippen molar-refractivity contribution in [3.05, 3.63) is 58.9 Å². The Hall–Kier alpha value is -2.04. The Kier molecular flexibility index (Phi) is 3.82. The maximum absolute atomic E-state index is 6.13. The lowest BCUT2D eigenvalue weighted by atomic mass is 10.1. The van der Waals surface area contributed by atoms with Crippen molar-refractivity contribution in [3.63, 3.8) is 0 Å². The fraction of sp³-hybridized carbons (Fsp3) is 0.188. The maximum Gasteiger partial charge on any atom is 0.242 e. The number of hydrogen-bond donors (Lipinski definition) is 1. The van der Waals surface area contributed by atoms with E-state index < -0.39 is 0 Å². The second-order valence-corrected chi connectivity index (χ2v) is 5.11. The van der Waals surface area contributed by atoms with Crippen LogP contribution < -0.4 is 10.5 Å². The monoisotopic (exact) mass is 301 g/mol. The van der Waals surface area contributed by atoms with E-state index in [-0.39, 0.29) is 0 Å². The number of ether oxygens (including phenoxy) is 1. The fourth-order valence-electron chi connectivity index (χ4n) is 2.29. The van der Waals surface area contributed by atoms with Crippen molar-refractivity contribution in [2.24, 2.45) is 5.73 Å². The second-order valence-electron chi connectivity index (χ2n) is 4.71. The molecule has 0 unspecified atom stereocenters. The number of rotatable bonds is 4. The normalized spacial score (nSPS) is 11.0. The van der Waals surface area contributed by atoms with Gasteiger partial charge in [-0.2, -0.15) is 4.98 Å². The number of imidazole rings is 1. The van der Waals surface area contributed by atoms with E-state index in [9.17, 15) is 0 Å². The number of fused-ring (bicyclic) bond motifs is 1. The lowest BCUT2D eigenvalue weighted by Crippen LogP contribution is -2.02. The van der Waals surface area contributed by atoms with Crippen molar-refractivity contribution in [2.45, 2.75) is 19.9 Å². The zero-order chi connectivity index (χ0) is 14.8. The van der Waals surface area contributed by atoms with E-state index in [0.29, 0.717) is 18.2 Å². The van der Waals surface area contributed by atoms with E-state index >= 15 is 0 Å². The molecule has 0 fully saturated rings. The SMILES string of the molecule is CCc1cc(Oc2nc3ccccn3c2CN)ccc1Cl. The molecule has 0 aliphatic heterocycles. The summed E-state index contributed by atoms with van der Waals surface area (Å²) in [5, 5.41) is 0.749. The van der Waals surface area contributed by atoms with E-state index in [2.05, 4.69) is 11.9 Å². The summed E-state index contributed by atoms with van der Waals surface area (Å²) < 4.78 is 7.85. The fourth-order valence-corrected chi connectivity index (χ4v) is 2.54. The standard InChI is InChI=1S/C16H16ClN3O/c1-2-11-9-12(6-7-13(11)17)21-16-14(10-18)20-8-4-3-5-15(20)19-16/h3-9H,2,10,18H2,1H3. The van der Waals surface area contributed by atoms with Crippen molar-refractivity contribution in [2.75, 3.05) is 0 Å². The van der Waals surface area contributed by atoms with E-state index in [1.165, 1.54) is 0 Å². The highest BCUT2D eigenvalue weighted by molar-refractivity contribution is 6.31. The smallest absolute Gasteiger partial charge is 0.242 e. The number of halogens is 1. The molecule has 0 aliphatic carbocycles. The molecule has 5 heteroatoms. The Morgan fingerprint density at radius 2 is 2.14 bits per heavy atom. The number of pyridine rings is 1. The highest BCUT2D eigenvalue weighted by atomic mass is 35.5. The summed E-state index contributed by atoms with van der Waals surface area (Å²) in [6, 6.07) is 11.4. The largest absolute Gasteiger partial charge is 0.437 e. The van der Waals surface area contributed by atoms with Gasteiger partial charge in [-0.25, -0.2) is 0 Å². The molecule has 3 rings (SSSR count). The summed E-state index contributed by atoms with van der Waals surface area (Å²) in [7, 11) is 0. The average molecular weight is 302 g/mol. The minimum Gasteiger partial charge on any atom is -0.437 e. The highest BCUT2D eigenvalue weighted by Crippen LogP contribution is 2.28. The van der Waals surface area contributed by atoms with Crippen LogP contribution in [0, 0.1) is 0 Å². The van der Waals surface area contributed by atoms with Gasteiger partial charge in [0.25, 0.3) is 0 Å². The van der Waals surface area contributed by atoms with Gasteiger partial charge < -0.3 is 10.5 Å². The van der Waals surface area contributed by atoms with E-state index in [1.807, 2.05) is 47.0 Å². The van der Waals surface area contributed by atoms with E-state index in [0.717, 1.165) is 28.3 Å². The van der Waals surface area contributed by atoms with Gasteiger partial charge in [-0.15, -0.1) is 0 Å². The van der Waals surface area contributed by atoms with Gasteiger partial charge in [0, 0.05) is 17.8 Å². The van der Waals surface area contributed by atoms with Gasteiger partial charge in [-0.05, 0) is 42.3 Å². The van der Waals surface area contributed by atoms with Crippen molar-refractivity contribution in [3.8, 4) is 11.6 Å². The first-order valence-corrected chi connectivity index (χ1v) is 7.23. The molecule has 0 atom stereocenters. The van der Waals surface area contributed by atoms with Crippen LogP contribution in [0.15, 0.2) is 42.6 Å². The van der Waals surface area contributed by atoms with Crippen molar-refractivity contribution >= 4 is 17.2 Å². The molecule has 0 spiro atoms. The summed E-state index contributed by atoms with van der Waals surface area (Å²) in [6.45, 7) is 2.41. The number of benzene rings is 1.